The minimum Gasteiger partial charge on any atom is -0.494 e. The summed E-state index contributed by atoms with van der Waals surface area (Å²) in [6, 6.07) is 6.66. The van der Waals surface area contributed by atoms with Gasteiger partial charge in [0.1, 0.15) is 23.1 Å². The molecule has 1 atom stereocenters. The van der Waals surface area contributed by atoms with E-state index in [1.807, 2.05) is 25.1 Å². The monoisotopic (exact) mass is 339 g/mol. The van der Waals surface area contributed by atoms with Gasteiger partial charge in [0.2, 0.25) is 0 Å². The Balaban J connectivity index is 1.64. The predicted molar refractivity (Wildman–Crippen MR) is 101 cm³/mol. The fraction of sp³-hybridized carbons (Fsp3) is 0.474. The topological polar surface area (TPSA) is 66.1 Å². The van der Waals surface area contributed by atoms with Crippen LogP contribution in [0.2, 0.25) is 0 Å². The van der Waals surface area contributed by atoms with Crippen LogP contribution in [0.25, 0.3) is 21.9 Å². The molecular formula is C19H25N5O. The molecule has 0 unspecified atom stereocenters. The third-order valence-corrected chi connectivity index (χ3v) is 5.07. The Labute approximate surface area is 147 Å². The lowest BCUT2D eigenvalue weighted by Gasteiger charge is -2.23. The first kappa shape index (κ1) is 16.1. The lowest BCUT2D eigenvalue weighted by molar-refractivity contribution is 0.277. The molecule has 1 aliphatic heterocycles. The van der Waals surface area contributed by atoms with E-state index in [9.17, 15) is 0 Å². The highest BCUT2D eigenvalue weighted by atomic mass is 16.5. The molecule has 0 aliphatic carbocycles. The van der Waals surface area contributed by atoms with Crippen molar-refractivity contribution in [2.45, 2.75) is 32.7 Å². The molecule has 2 aromatic heterocycles. The minimum absolute atomic E-state index is 0.587. The van der Waals surface area contributed by atoms with Crippen LogP contribution in [-0.4, -0.2) is 52.1 Å². The molecule has 0 saturated carbocycles. The number of ether oxygens (including phenoxy) is 1. The first-order valence-electron chi connectivity index (χ1n) is 9.17. The number of likely N-dealkylation sites (tertiary alicyclic amines) is 1. The summed E-state index contributed by atoms with van der Waals surface area (Å²) in [5.41, 5.74) is 2.96. The summed E-state index contributed by atoms with van der Waals surface area (Å²) in [6.07, 6.45) is 4.17. The fourth-order valence-electron chi connectivity index (χ4n) is 3.82. The van der Waals surface area contributed by atoms with Crippen LogP contribution in [0.4, 0.5) is 5.82 Å². The molecule has 25 heavy (non-hydrogen) atoms. The molecule has 6 heteroatoms. The average molecular weight is 339 g/mol. The average Bonchev–Trinajstić information content (AvgIpc) is 3.24. The van der Waals surface area contributed by atoms with Crippen LogP contribution >= 0.6 is 0 Å². The maximum Gasteiger partial charge on any atom is 0.153 e. The van der Waals surface area contributed by atoms with Gasteiger partial charge >= 0.3 is 0 Å². The number of nitrogens with one attached hydrogen (secondary N) is 2. The van der Waals surface area contributed by atoms with Crippen molar-refractivity contribution in [2.75, 3.05) is 31.6 Å². The van der Waals surface area contributed by atoms with Gasteiger partial charge in [0.25, 0.3) is 0 Å². The number of likely N-dealkylation sites (N-methyl/N-ethyl adjacent to an activating group) is 1. The van der Waals surface area contributed by atoms with Crippen LogP contribution in [0.15, 0.2) is 24.5 Å². The first-order chi connectivity index (χ1) is 12.3. The Hall–Kier alpha value is -2.34. The van der Waals surface area contributed by atoms with Crippen molar-refractivity contribution in [1.29, 1.82) is 0 Å². The lowest BCUT2D eigenvalue weighted by Crippen LogP contribution is -2.34. The van der Waals surface area contributed by atoms with E-state index in [4.69, 9.17) is 4.74 Å². The second-order valence-corrected chi connectivity index (χ2v) is 6.52. The van der Waals surface area contributed by atoms with Crippen LogP contribution in [0.3, 0.4) is 0 Å². The molecule has 0 spiro atoms. The van der Waals surface area contributed by atoms with Gasteiger partial charge in [0, 0.05) is 23.5 Å². The van der Waals surface area contributed by atoms with Crippen molar-refractivity contribution in [1.82, 2.24) is 19.9 Å². The molecule has 3 heterocycles. The summed E-state index contributed by atoms with van der Waals surface area (Å²) >= 11 is 0. The van der Waals surface area contributed by atoms with Gasteiger partial charge < -0.3 is 15.0 Å². The normalized spacial score (nSPS) is 18.2. The van der Waals surface area contributed by atoms with Gasteiger partial charge in [-0.05, 0) is 51.1 Å². The largest absolute Gasteiger partial charge is 0.494 e. The number of H-pyrrole nitrogens is 1. The van der Waals surface area contributed by atoms with E-state index in [0.29, 0.717) is 12.6 Å². The number of aromatic amines is 1. The molecule has 1 aromatic carbocycles. The van der Waals surface area contributed by atoms with Crippen LogP contribution in [0.1, 0.15) is 26.7 Å². The zero-order valence-corrected chi connectivity index (χ0v) is 14.9. The van der Waals surface area contributed by atoms with E-state index in [2.05, 4.69) is 32.1 Å². The summed E-state index contributed by atoms with van der Waals surface area (Å²) in [5, 5.41) is 4.61. The summed E-state index contributed by atoms with van der Waals surface area (Å²) < 4.78 is 5.62. The van der Waals surface area contributed by atoms with Crippen LogP contribution in [0, 0.1) is 0 Å². The predicted octanol–water partition coefficient (Wildman–Crippen LogP) is 3.41. The number of nitrogens with zero attached hydrogens (tertiary/aromatic N) is 3. The molecule has 3 aromatic rings. The number of aromatic nitrogens is 3. The van der Waals surface area contributed by atoms with E-state index in [0.717, 1.165) is 46.6 Å². The molecule has 4 rings (SSSR count). The molecule has 6 nitrogen and oxygen atoms in total. The minimum atomic E-state index is 0.587. The Morgan fingerprint density at radius 2 is 2.24 bits per heavy atom. The van der Waals surface area contributed by atoms with E-state index in [-0.39, 0.29) is 0 Å². The van der Waals surface area contributed by atoms with Crippen LogP contribution in [-0.2, 0) is 0 Å². The highest BCUT2D eigenvalue weighted by Crippen LogP contribution is 2.30. The molecule has 1 aliphatic rings. The summed E-state index contributed by atoms with van der Waals surface area (Å²) in [4.78, 5) is 15.0. The molecule has 0 amide bonds. The zero-order valence-electron chi connectivity index (χ0n) is 14.9. The van der Waals surface area contributed by atoms with Crippen molar-refractivity contribution in [3.8, 4) is 5.75 Å². The number of benzene rings is 1. The highest BCUT2D eigenvalue weighted by Gasteiger charge is 2.23. The van der Waals surface area contributed by atoms with Gasteiger partial charge in [-0.1, -0.05) is 6.92 Å². The van der Waals surface area contributed by atoms with Crippen molar-refractivity contribution in [3.63, 3.8) is 0 Å². The molecule has 1 fully saturated rings. The van der Waals surface area contributed by atoms with E-state index >= 15 is 0 Å². The molecule has 132 valence electrons. The van der Waals surface area contributed by atoms with Gasteiger partial charge in [0.05, 0.1) is 6.61 Å². The zero-order chi connectivity index (χ0) is 17.2. The van der Waals surface area contributed by atoms with E-state index in [1.165, 1.54) is 19.4 Å². The second-order valence-electron chi connectivity index (χ2n) is 6.52. The SMILES string of the molecule is CCOc1ccc2[nH]c3c(NC[C@@H]4CCCN4CC)ncnc3c2c1. The number of hydrogen-bond donors (Lipinski definition) is 2. The van der Waals surface area contributed by atoms with E-state index < -0.39 is 0 Å². The summed E-state index contributed by atoms with van der Waals surface area (Å²) in [5.74, 6) is 1.75. The van der Waals surface area contributed by atoms with Crippen LogP contribution < -0.4 is 10.1 Å². The third kappa shape index (κ3) is 3.02. The van der Waals surface area contributed by atoms with Crippen molar-refractivity contribution in [3.05, 3.63) is 24.5 Å². The second kappa shape index (κ2) is 6.88. The molecule has 0 bridgehead atoms. The molecule has 1 saturated heterocycles. The number of fused-ring (bicyclic) bond motifs is 3. The van der Waals surface area contributed by atoms with Gasteiger partial charge in [-0.25, -0.2) is 9.97 Å². The summed E-state index contributed by atoms with van der Waals surface area (Å²) in [7, 11) is 0. The highest BCUT2D eigenvalue weighted by molar-refractivity contribution is 6.08. The Morgan fingerprint density at radius 3 is 3.08 bits per heavy atom. The Bertz CT molecular complexity index is 875. The molecule has 0 radical (unpaired) electrons. The quantitative estimate of drug-likeness (QED) is 0.720. The number of rotatable bonds is 6. The summed E-state index contributed by atoms with van der Waals surface area (Å²) in [6.45, 7) is 8.11. The van der Waals surface area contributed by atoms with Gasteiger partial charge in [-0.2, -0.15) is 0 Å². The fourth-order valence-corrected chi connectivity index (χ4v) is 3.82. The lowest BCUT2D eigenvalue weighted by atomic mass is 10.2. The van der Waals surface area contributed by atoms with Crippen LogP contribution in [0.5, 0.6) is 5.75 Å². The van der Waals surface area contributed by atoms with Crippen molar-refractivity contribution < 1.29 is 4.74 Å². The Morgan fingerprint density at radius 1 is 1.32 bits per heavy atom. The van der Waals surface area contributed by atoms with Gasteiger partial charge in [-0.3, -0.25) is 4.90 Å². The third-order valence-electron chi connectivity index (χ3n) is 5.07. The maximum atomic E-state index is 5.62. The van der Waals surface area contributed by atoms with Gasteiger partial charge in [0.15, 0.2) is 5.82 Å². The van der Waals surface area contributed by atoms with Crippen molar-refractivity contribution in [2.24, 2.45) is 0 Å². The molecular weight excluding hydrogens is 314 g/mol. The number of anilines is 1. The molecule has 2 N–H and O–H groups in total. The van der Waals surface area contributed by atoms with E-state index in [1.54, 1.807) is 6.33 Å². The standard InChI is InChI=1S/C19H25N5O/c1-3-24-9-5-6-13(24)11-20-19-18-17(21-12-22-19)15-10-14(25-4-2)7-8-16(15)23-18/h7-8,10,12-13,23H,3-6,9,11H2,1-2H3,(H,20,21,22)/t13-/m0/s1. The van der Waals surface area contributed by atoms with Gasteiger partial charge in [-0.15, -0.1) is 0 Å². The number of hydrogen-bond acceptors (Lipinski definition) is 5. The first-order valence-corrected chi connectivity index (χ1v) is 9.17. The smallest absolute Gasteiger partial charge is 0.153 e. The Kier molecular flexibility index (Phi) is 4.44. The maximum absolute atomic E-state index is 5.62. The van der Waals surface area contributed by atoms with Crippen molar-refractivity contribution >= 4 is 27.8 Å².